The number of aryl methyl sites for hydroxylation is 2. The maximum absolute atomic E-state index is 12.2. The molecule has 0 unspecified atom stereocenters. The molecule has 0 bridgehead atoms. The van der Waals surface area contributed by atoms with Crippen molar-refractivity contribution < 1.29 is 33.4 Å². The molecule has 3 aromatic carbocycles. The topological polar surface area (TPSA) is 153 Å². The number of rotatable bonds is 9. The molecule has 0 aliphatic carbocycles. The molecule has 0 spiro atoms. The van der Waals surface area contributed by atoms with E-state index in [0.717, 1.165) is 5.56 Å². The number of hydrogen-bond donors (Lipinski definition) is 2. The van der Waals surface area contributed by atoms with Crippen LogP contribution in [0.3, 0.4) is 0 Å². The number of aromatic carboxylic acids is 1. The third kappa shape index (κ3) is 4.82. The number of imidazole rings is 1. The number of carbonyl (C=O) groups excluding carboxylic acids is 1. The largest absolute Gasteiger partial charge is 0.519 e. The van der Waals surface area contributed by atoms with Crippen LogP contribution in [0.5, 0.6) is 0 Å². The van der Waals surface area contributed by atoms with Gasteiger partial charge in [0.25, 0.3) is 5.78 Å². The molecule has 2 N–H and O–H groups in total. The van der Waals surface area contributed by atoms with Gasteiger partial charge >= 0.3 is 17.8 Å². The van der Waals surface area contributed by atoms with E-state index in [2.05, 4.69) is 0 Å². The number of carbonyl (C=O) groups is 3. The predicted octanol–water partition coefficient (Wildman–Crippen LogP) is 4.72. The summed E-state index contributed by atoms with van der Waals surface area (Å²) in [5, 5.41) is 19.2. The van der Waals surface area contributed by atoms with Gasteiger partial charge in [0, 0.05) is 24.9 Å². The lowest BCUT2D eigenvalue weighted by Crippen LogP contribution is -2.13. The van der Waals surface area contributed by atoms with Gasteiger partial charge in [0.15, 0.2) is 5.76 Å². The second-order valence-corrected chi connectivity index (χ2v) is 9.23. The molecule has 0 amide bonds. The number of Topliss-reactive ketones (excluding diaryl/α,β-unsaturated/α-hetero) is 1. The average Bonchev–Trinajstić information content (AvgIpc) is 3.47. The zero-order valence-electron chi connectivity index (χ0n) is 21.6. The molecule has 0 aliphatic rings. The highest BCUT2D eigenvalue weighted by Gasteiger charge is 2.22. The highest BCUT2D eigenvalue weighted by Crippen LogP contribution is 2.29. The van der Waals surface area contributed by atoms with Gasteiger partial charge in [-0.2, -0.15) is 0 Å². The summed E-state index contributed by atoms with van der Waals surface area (Å²) >= 11 is 0. The van der Waals surface area contributed by atoms with Crippen molar-refractivity contribution in [3.05, 3.63) is 111 Å². The number of ketones is 1. The van der Waals surface area contributed by atoms with E-state index >= 15 is 0 Å². The van der Waals surface area contributed by atoms with E-state index in [1.165, 1.54) is 12.1 Å². The van der Waals surface area contributed by atoms with E-state index in [1.54, 1.807) is 43.3 Å². The predicted molar refractivity (Wildman–Crippen MR) is 144 cm³/mol. The van der Waals surface area contributed by atoms with Gasteiger partial charge in [-0.25, -0.2) is 19.4 Å². The Hall–Kier alpha value is -5.25. The fourth-order valence-electron chi connectivity index (χ4n) is 4.82. The third-order valence-corrected chi connectivity index (χ3v) is 6.76. The van der Waals surface area contributed by atoms with Crippen molar-refractivity contribution in [2.45, 2.75) is 33.2 Å². The van der Waals surface area contributed by atoms with Gasteiger partial charge in [0.2, 0.25) is 0 Å². The summed E-state index contributed by atoms with van der Waals surface area (Å²) in [6, 6.07) is 17.0. The van der Waals surface area contributed by atoms with Crippen molar-refractivity contribution in [1.29, 1.82) is 0 Å². The van der Waals surface area contributed by atoms with Crippen molar-refractivity contribution in [1.82, 2.24) is 9.55 Å². The van der Waals surface area contributed by atoms with Crippen LogP contribution >= 0.6 is 0 Å². The van der Waals surface area contributed by atoms with E-state index in [-0.39, 0.29) is 17.5 Å². The minimum Gasteiger partial charge on any atom is -0.478 e. The molecule has 0 atom stereocenters. The molecule has 0 aliphatic heterocycles. The molecule has 40 heavy (non-hydrogen) atoms. The lowest BCUT2D eigenvalue weighted by atomic mass is 9.96. The summed E-state index contributed by atoms with van der Waals surface area (Å²) < 4.78 is 12.0. The Bertz CT molecular complexity index is 1840. The van der Waals surface area contributed by atoms with Crippen molar-refractivity contribution in [3.63, 3.8) is 0 Å². The fourth-order valence-corrected chi connectivity index (χ4v) is 4.82. The van der Waals surface area contributed by atoms with E-state index < -0.39 is 23.5 Å². The number of carboxylic acid groups (broad SMARTS) is 2. The van der Waals surface area contributed by atoms with Crippen molar-refractivity contribution in [3.8, 4) is 11.1 Å². The summed E-state index contributed by atoms with van der Waals surface area (Å²) in [5.41, 5.74) is 3.85. The number of nitrogens with zero attached hydrogens (tertiary/aromatic N) is 2. The van der Waals surface area contributed by atoms with E-state index in [9.17, 15) is 29.4 Å². The minimum absolute atomic E-state index is 0.0917. The third-order valence-electron chi connectivity index (χ3n) is 6.76. The monoisotopic (exact) mass is 540 g/mol. The van der Waals surface area contributed by atoms with Gasteiger partial charge in [-0.05, 0) is 35.2 Å². The number of benzene rings is 3. The van der Waals surface area contributed by atoms with Crippen LogP contribution < -0.4 is 5.82 Å². The molecule has 0 saturated heterocycles. The van der Waals surface area contributed by atoms with Gasteiger partial charge in [0.1, 0.15) is 11.6 Å². The molecule has 5 aromatic rings. The van der Waals surface area contributed by atoms with Gasteiger partial charge in [-0.3, -0.25) is 4.79 Å². The van der Waals surface area contributed by atoms with Crippen LogP contribution in [-0.2, 0) is 24.2 Å². The average molecular weight is 541 g/mol. The maximum Gasteiger partial charge on any atom is 0.519 e. The zero-order valence-corrected chi connectivity index (χ0v) is 21.6. The van der Waals surface area contributed by atoms with Gasteiger partial charge in [-0.1, -0.05) is 61.5 Å². The molecule has 2 aromatic heterocycles. The fraction of sp³-hybridized carbons (Fsp3) is 0.167. The molecular weight excluding hydrogens is 516 g/mol. The first-order valence-electron chi connectivity index (χ1n) is 12.5. The highest BCUT2D eigenvalue weighted by molar-refractivity contribution is 6.41. The second-order valence-electron chi connectivity index (χ2n) is 9.23. The quantitative estimate of drug-likeness (QED) is 0.200. The molecule has 202 valence electrons. The smallest absolute Gasteiger partial charge is 0.478 e. The maximum atomic E-state index is 12.2. The van der Waals surface area contributed by atoms with Crippen LogP contribution in [0, 0.1) is 6.92 Å². The van der Waals surface area contributed by atoms with Gasteiger partial charge in [0.05, 0.1) is 16.6 Å². The SMILES string of the molecule is CCc1nc2c(Cc3oc(=O)oc3C)ccc(C(=O)O)c2n1Cc1ccc(-c2ccccc2C(=O)C(=O)O)cc1. The summed E-state index contributed by atoms with van der Waals surface area (Å²) in [7, 11) is 0. The molecular formula is C30H24N2O8. The Morgan fingerprint density at radius 2 is 1.65 bits per heavy atom. The Morgan fingerprint density at radius 1 is 0.925 bits per heavy atom. The first-order valence-corrected chi connectivity index (χ1v) is 12.5. The van der Waals surface area contributed by atoms with Crippen LogP contribution in [0.2, 0.25) is 0 Å². The van der Waals surface area contributed by atoms with Gasteiger partial charge < -0.3 is 23.6 Å². The summed E-state index contributed by atoms with van der Waals surface area (Å²) in [6.07, 6.45) is 0.743. The van der Waals surface area contributed by atoms with Crippen LogP contribution in [0.1, 0.15) is 56.1 Å². The van der Waals surface area contributed by atoms with Crippen molar-refractivity contribution >= 4 is 28.8 Å². The van der Waals surface area contributed by atoms with Crippen LogP contribution in [0.4, 0.5) is 0 Å². The molecule has 0 saturated carbocycles. The molecule has 5 rings (SSSR count). The second kappa shape index (κ2) is 10.5. The minimum atomic E-state index is -1.53. The highest BCUT2D eigenvalue weighted by atomic mass is 16.6. The van der Waals surface area contributed by atoms with E-state index in [0.29, 0.717) is 58.0 Å². The standard InChI is InChI=1S/C30H24N2O8/c1-3-24-31-25-19(14-23-16(2)39-30(38)40-23)12-13-22(28(34)35)26(25)32(24)15-17-8-10-18(11-9-17)20-6-4-5-7-21(20)27(33)29(36)37/h4-13H,3,14-15H2,1-2H3,(H,34,35)(H,36,37). The summed E-state index contributed by atoms with van der Waals surface area (Å²) in [5.74, 6) is -3.04. The first-order chi connectivity index (χ1) is 19.2. The number of fused-ring (bicyclic) bond motifs is 1. The number of aromatic nitrogens is 2. The van der Waals surface area contributed by atoms with Crippen LogP contribution in [0.15, 0.2) is 74.3 Å². The number of hydrogen-bond acceptors (Lipinski definition) is 7. The Morgan fingerprint density at radius 3 is 2.27 bits per heavy atom. The Labute approximate surface area is 227 Å². The van der Waals surface area contributed by atoms with Crippen molar-refractivity contribution in [2.24, 2.45) is 0 Å². The van der Waals surface area contributed by atoms with E-state index in [1.807, 2.05) is 23.6 Å². The van der Waals surface area contributed by atoms with Gasteiger partial charge in [-0.15, -0.1) is 0 Å². The number of carboxylic acids is 2. The molecule has 10 heteroatoms. The van der Waals surface area contributed by atoms with Crippen LogP contribution in [0.25, 0.3) is 22.2 Å². The molecule has 2 heterocycles. The first kappa shape index (κ1) is 26.4. The Balaban J connectivity index is 1.56. The molecule has 0 fully saturated rings. The lowest BCUT2D eigenvalue weighted by Gasteiger charge is -2.12. The Kier molecular flexibility index (Phi) is 6.91. The molecule has 10 nitrogen and oxygen atoms in total. The summed E-state index contributed by atoms with van der Waals surface area (Å²) in [6.45, 7) is 3.87. The zero-order chi connectivity index (χ0) is 28.6. The number of aliphatic carboxylic acids is 1. The lowest BCUT2D eigenvalue weighted by molar-refractivity contribution is -0.131. The normalized spacial score (nSPS) is 11.2. The van der Waals surface area contributed by atoms with Crippen molar-refractivity contribution in [2.75, 3.05) is 0 Å². The molecule has 0 radical (unpaired) electrons. The summed E-state index contributed by atoms with van der Waals surface area (Å²) in [4.78, 5) is 52.0. The van der Waals surface area contributed by atoms with E-state index in [4.69, 9.17) is 13.8 Å². The van der Waals surface area contributed by atoms with Crippen LogP contribution in [-0.4, -0.2) is 37.5 Å².